The second-order valence-electron chi connectivity index (χ2n) is 5.88. The highest BCUT2D eigenvalue weighted by atomic mass is 32.2. The number of imidazole rings is 1. The van der Waals surface area contributed by atoms with E-state index in [1.54, 1.807) is 20.3 Å². The maximum Gasteiger partial charge on any atom is 0.168 e. The molecule has 0 bridgehead atoms. The summed E-state index contributed by atoms with van der Waals surface area (Å²) in [6.45, 7) is 2.06. The van der Waals surface area contributed by atoms with Gasteiger partial charge in [-0.05, 0) is 42.8 Å². The van der Waals surface area contributed by atoms with Crippen molar-refractivity contribution in [2.75, 3.05) is 20.0 Å². The third kappa shape index (κ3) is 3.60. The van der Waals surface area contributed by atoms with Gasteiger partial charge in [-0.15, -0.1) is 0 Å². The predicted octanol–water partition coefficient (Wildman–Crippen LogP) is 3.72. The molecule has 0 aliphatic heterocycles. The molecule has 0 saturated carbocycles. The fraction of sp³-hybridized carbons (Fsp3) is 0.316. The van der Waals surface area contributed by atoms with E-state index in [0.717, 1.165) is 16.2 Å². The largest absolute Gasteiger partial charge is 0.497 e. The molecule has 6 heteroatoms. The molecule has 0 spiro atoms. The fourth-order valence-corrected chi connectivity index (χ4v) is 3.70. The molecule has 0 unspecified atom stereocenters. The van der Waals surface area contributed by atoms with E-state index in [1.807, 2.05) is 19.2 Å². The van der Waals surface area contributed by atoms with Crippen molar-refractivity contribution in [1.29, 1.82) is 0 Å². The smallest absolute Gasteiger partial charge is 0.168 e. The topological polar surface area (TPSA) is 56.5 Å². The monoisotopic (exact) mass is 358 g/mol. The normalized spacial score (nSPS) is 12.4. The van der Waals surface area contributed by atoms with E-state index < -0.39 is 6.10 Å². The minimum atomic E-state index is -0.684. The van der Waals surface area contributed by atoms with Gasteiger partial charge in [-0.3, -0.25) is 0 Å². The van der Waals surface area contributed by atoms with Gasteiger partial charge in [0, 0.05) is 18.4 Å². The molecule has 0 aliphatic carbocycles. The maximum absolute atomic E-state index is 10.6. The van der Waals surface area contributed by atoms with Gasteiger partial charge in [-0.2, -0.15) is 0 Å². The number of hydrogen-bond donors (Lipinski definition) is 1. The second kappa shape index (κ2) is 7.37. The minimum absolute atomic E-state index is 0.472. The molecule has 1 heterocycles. The fourth-order valence-electron chi connectivity index (χ4n) is 2.76. The van der Waals surface area contributed by atoms with E-state index in [1.165, 1.54) is 17.3 Å². The van der Waals surface area contributed by atoms with Crippen molar-refractivity contribution < 1.29 is 14.6 Å². The Morgan fingerprint density at radius 1 is 1.16 bits per heavy atom. The molecule has 0 fully saturated rings. The zero-order chi connectivity index (χ0) is 18.0. The molecule has 25 heavy (non-hydrogen) atoms. The van der Waals surface area contributed by atoms with E-state index in [-0.39, 0.29) is 0 Å². The van der Waals surface area contributed by atoms with Crippen molar-refractivity contribution in [2.45, 2.75) is 18.2 Å². The highest BCUT2D eigenvalue weighted by molar-refractivity contribution is 7.99. The van der Waals surface area contributed by atoms with E-state index in [4.69, 9.17) is 9.47 Å². The van der Waals surface area contributed by atoms with Crippen LogP contribution < -0.4 is 9.47 Å². The molecule has 1 aromatic heterocycles. The second-order valence-corrected chi connectivity index (χ2v) is 6.87. The van der Waals surface area contributed by atoms with Crippen LogP contribution in [0.15, 0.2) is 41.6 Å². The number of nitrogens with zero attached hydrogens (tertiary/aromatic N) is 2. The summed E-state index contributed by atoms with van der Waals surface area (Å²) in [7, 11) is 5.19. The number of thioether (sulfide) groups is 1. The van der Waals surface area contributed by atoms with Gasteiger partial charge in [0.05, 0.1) is 31.4 Å². The van der Waals surface area contributed by atoms with Crippen LogP contribution in [0.25, 0.3) is 11.0 Å². The van der Waals surface area contributed by atoms with Gasteiger partial charge in [-0.1, -0.05) is 17.8 Å². The number of benzene rings is 2. The highest BCUT2D eigenvalue weighted by Gasteiger charge is 2.17. The SMILES string of the molecule is COc1ccc(OC)c([C@H](O)CSc2nc3cc(C)ccc3n2C)c1. The molecule has 2 aromatic carbocycles. The van der Waals surface area contributed by atoms with Crippen LogP contribution in [0.1, 0.15) is 17.2 Å². The Balaban J connectivity index is 1.81. The van der Waals surface area contributed by atoms with Crippen LogP contribution in [0.2, 0.25) is 0 Å². The van der Waals surface area contributed by atoms with E-state index in [0.29, 0.717) is 22.8 Å². The van der Waals surface area contributed by atoms with Crippen molar-refractivity contribution in [3.8, 4) is 11.5 Å². The molecule has 0 saturated heterocycles. The minimum Gasteiger partial charge on any atom is -0.497 e. The van der Waals surface area contributed by atoms with Crippen molar-refractivity contribution in [3.05, 3.63) is 47.5 Å². The quantitative estimate of drug-likeness (QED) is 0.681. The first-order valence-electron chi connectivity index (χ1n) is 7.99. The molecule has 0 aliphatic rings. The first-order chi connectivity index (χ1) is 12.0. The first-order valence-corrected chi connectivity index (χ1v) is 8.98. The summed E-state index contributed by atoms with van der Waals surface area (Å²) in [5.41, 5.74) is 3.95. The number of aryl methyl sites for hydroxylation is 2. The number of fused-ring (bicyclic) bond motifs is 1. The van der Waals surface area contributed by atoms with E-state index in [2.05, 4.69) is 34.7 Å². The van der Waals surface area contributed by atoms with Gasteiger partial charge in [0.1, 0.15) is 11.5 Å². The molecule has 132 valence electrons. The highest BCUT2D eigenvalue weighted by Crippen LogP contribution is 2.33. The number of aliphatic hydroxyl groups excluding tert-OH is 1. The number of methoxy groups -OCH3 is 2. The number of aliphatic hydroxyl groups is 1. The van der Waals surface area contributed by atoms with Crippen molar-refractivity contribution in [1.82, 2.24) is 9.55 Å². The van der Waals surface area contributed by atoms with E-state index in [9.17, 15) is 5.11 Å². The Morgan fingerprint density at radius 3 is 2.68 bits per heavy atom. The summed E-state index contributed by atoms with van der Waals surface area (Å²) >= 11 is 1.52. The van der Waals surface area contributed by atoms with Crippen LogP contribution in [0.5, 0.6) is 11.5 Å². The summed E-state index contributed by atoms with van der Waals surface area (Å²) in [4.78, 5) is 4.67. The lowest BCUT2D eigenvalue weighted by atomic mass is 10.1. The third-order valence-electron chi connectivity index (χ3n) is 4.16. The van der Waals surface area contributed by atoms with Crippen LogP contribution in [0.3, 0.4) is 0 Å². The molecule has 3 aromatic rings. The lowest BCUT2D eigenvalue weighted by Gasteiger charge is -2.15. The van der Waals surface area contributed by atoms with E-state index >= 15 is 0 Å². The van der Waals surface area contributed by atoms with Crippen LogP contribution >= 0.6 is 11.8 Å². The van der Waals surface area contributed by atoms with Gasteiger partial charge in [-0.25, -0.2) is 4.98 Å². The van der Waals surface area contributed by atoms with Crippen LogP contribution in [0, 0.1) is 6.92 Å². The third-order valence-corrected chi connectivity index (χ3v) is 5.27. The Bertz CT molecular complexity index is 892. The molecule has 1 N–H and O–H groups in total. The zero-order valence-electron chi connectivity index (χ0n) is 14.8. The van der Waals surface area contributed by atoms with Crippen molar-refractivity contribution in [2.24, 2.45) is 7.05 Å². The molecule has 0 radical (unpaired) electrons. The molecular formula is C19H22N2O3S. The average Bonchev–Trinajstić information content (AvgIpc) is 2.94. The van der Waals surface area contributed by atoms with Gasteiger partial charge in [0.15, 0.2) is 5.16 Å². The summed E-state index contributed by atoms with van der Waals surface area (Å²) in [6.07, 6.45) is -0.684. The molecule has 3 rings (SSSR count). The Kier molecular flexibility index (Phi) is 5.20. The van der Waals surface area contributed by atoms with Gasteiger partial charge < -0.3 is 19.1 Å². The standard InChI is InChI=1S/C19H22N2O3S/c1-12-5-7-16-15(9-12)20-19(21(16)2)25-11-17(22)14-10-13(23-3)6-8-18(14)24-4/h5-10,17,22H,11H2,1-4H3/t17-/m1/s1. The summed E-state index contributed by atoms with van der Waals surface area (Å²) in [6, 6.07) is 11.6. The number of rotatable bonds is 6. The summed E-state index contributed by atoms with van der Waals surface area (Å²) in [5.74, 6) is 1.81. The summed E-state index contributed by atoms with van der Waals surface area (Å²) in [5, 5.41) is 11.5. The van der Waals surface area contributed by atoms with Gasteiger partial charge >= 0.3 is 0 Å². The zero-order valence-corrected chi connectivity index (χ0v) is 15.6. The average molecular weight is 358 g/mol. The Labute approximate surface area is 151 Å². The Hall–Kier alpha value is -2.18. The predicted molar refractivity (Wildman–Crippen MR) is 101 cm³/mol. The van der Waals surface area contributed by atoms with Crippen LogP contribution in [0.4, 0.5) is 0 Å². The lowest BCUT2D eigenvalue weighted by molar-refractivity contribution is 0.198. The Morgan fingerprint density at radius 2 is 1.96 bits per heavy atom. The van der Waals surface area contributed by atoms with Gasteiger partial charge in [0.2, 0.25) is 0 Å². The van der Waals surface area contributed by atoms with Crippen molar-refractivity contribution >= 4 is 22.8 Å². The van der Waals surface area contributed by atoms with Crippen LogP contribution in [-0.2, 0) is 7.05 Å². The van der Waals surface area contributed by atoms with Gasteiger partial charge in [0.25, 0.3) is 0 Å². The lowest BCUT2D eigenvalue weighted by Crippen LogP contribution is -2.05. The first kappa shape index (κ1) is 17.6. The molecule has 5 nitrogen and oxygen atoms in total. The summed E-state index contributed by atoms with van der Waals surface area (Å²) < 4.78 is 12.7. The molecule has 1 atom stereocenters. The van der Waals surface area contributed by atoms with Crippen molar-refractivity contribution in [3.63, 3.8) is 0 Å². The van der Waals surface area contributed by atoms with Crippen LogP contribution in [-0.4, -0.2) is 34.6 Å². The molecule has 0 amide bonds. The number of ether oxygens (including phenoxy) is 2. The molecular weight excluding hydrogens is 336 g/mol. The maximum atomic E-state index is 10.6. The number of aromatic nitrogens is 2. The number of hydrogen-bond acceptors (Lipinski definition) is 5.